The van der Waals surface area contributed by atoms with Crippen LogP contribution in [0.1, 0.15) is 11.1 Å². The Morgan fingerprint density at radius 3 is 2.41 bits per heavy atom. The summed E-state index contributed by atoms with van der Waals surface area (Å²) in [6.45, 7) is 1.27. The second-order valence-electron chi connectivity index (χ2n) is 9.60. The zero-order valence-corrected chi connectivity index (χ0v) is 21.6. The molecule has 0 aliphatic carbocycles. The third kappa shape index (κ3) is 4.60. The third-order valence-electron chi connectivity index (χ3n) is 6.90. The zero-order chi connectivity index (χ0) is 27.8. The Kier molecular flexibility index (Phi) is 6.21. The first-order valence-corrected chi connectivity index (χ1v) is 13.0. The predicted octanol–water partition coefficient (Wildman–Crippen LogP) is 6.19. The largest absolute Gasteiger partial charge is 0.335 e. The molecule has 0 spiro atoms. The minimum atomic E-state index is -0.546. The lowest BCUT2D eigenvalue weighted by Crippen LogP contribution is -2.12. The molecule has 7 aromatic rings. The van der Waals surface area contributed by atoms with E-state index in [-0.39, 0.29) is 22.6 Å². The van der Waals surface area contributed by atoms with Gasteiger partial charge >= 0.3 is 0 Å². The standard InChI is InChI=1S/C31H22F2N8/c32-23-9-5-4-8-21(23)22-15-36-16-25-29(22)39-31(38-25)30-26-24(40-41-30)17-37-28(27(26)33)20-10-19(13-35-14-20)12-34-11-18-6-2-1-3-7-18/h1-10,13-17,34H,11-12H2,(H,38,39)(H,40,41). The van der Waals surface area contributed by atoms with Crippen molar-refractivity contribution in [3.63, 3.8) is 0 Å². The molecule has 10 heteroatoms. The summed E-state index contributed by atoms with van der Waals surface area (Å²) in [5.74, 6) is -0.607. The summed E-state index contributed by atoms with van der Waals surface area (Å²) in [6.07, 6.45) is 8.03. The summed E-state index contributed by atoms with van der Waals surface area (Å²) >= 11 is 0. The molecule has 0 aliphatic heterocycles. The van der Waals surface area contributed by atoms with E-state index in [9.17, 15) is 4.39 Å². The summed E-state index contributed by atoms with van der Waals surface area (Å²) in [5.41, 5.74) is 5.45. The van der Waals surface area contributed by atoms with Gasteiger partial charge in [-0.25, -0.2) is 13.8 Å². The number of hydrogen-bond donors (Lipinski definition) is 3. The molecule has 200 valence electrons. The molecule has 0 radical (unpaired) electrons. The van der Waals surface area contributed by atoms with Gasteiger partial charge in [0.1, 0.15) is 22.7 Å². The normalized spacial score (nSPS) is 11.5. The van der Waals surface area contributed by atoms with E-state index in [1.165, 1.54) is 11.6 Å². The van der Waals surface area contributed by atoms with Crippen LogP contribution in [0.4, 0.5) is 8.78 Å². The average Bonchev–Trinajstić information content (AvgIpc) is 3.63. The maximum atomic E-state index is 16.1. The Balaban J connectivity index is 1.24. The first-order valence-electron chi connectivity index (χ1n) is 13.0. The molecule has 0 saturated heterocycles. The van der Waals surface area contributed by atoms with E-state index in [0.29, 0.717) is 52.2 Å². The first kappa shape index (κ1) is 24.7. The maximum Gasteiger partial charge on any atom is 0.161 e. The lowest BCUT2D eigenvalue weighted by Gasteiger charge is -2.08. The highest BCUT2D eigenvalue weighted by atomic mass is 19.1. The van der Waals surface area contributed by atoms with E-state index >= 15 is 4.39 Å². The van der Waals surface area contributed by atoms with Crippen LogP contribution >= 0.6 is 0 Å². The van der Waals surface area contributed by atoms with Crippen LogP contribution in [0.25, 0.3) is 55.8 Å². The van der Waals surface area contributed by atoms with Crippen molar-refractivity contribution in [2.45, 2.75) is 13.1 Å². The average molecular weight is 545 g/mol. The number of fused-ring (bicyclic) bond motifs is 2. The fraction of sp³-hybridized carbons (Fsp3) is 0.0645. The van der Waals surface area contributed by atoms with Gasteiger partial charge < -0.3 is 10.3 Å². The second kappa shape index (κ2) is 10.3. The first-order chi connectivity index (χ1) is 20.2. The topological polar surface area (TPSA) is 108 Å². The molecule has 7 rings (SSSR count). The van der Waals surface area contributed by atoms with Crippen molar-refractivity contribution in [3.8, 4) is 33.9 Å². The number of rotatable bonds is 7. The smallest absolute Gasteiger partial charge is 0.161 e. The van der Waals surface area contributed by atoms with Crippen molar-refractivity contribution in [1.82, 2.24) is 40.4 Å². The van der Waals surface area contributed by atoms with Crippen molar-refractivity contribution in [2.24, 2.45) is 0 Å². The number of hydrogen-bond acceptors (Lipinski definition) is 6. The van der Waals surface area contributed by atoms with Gasteiger partial charge in [0.2, 0.25) is 0 Å². The molecule has 0 atom stereocenters. The number of aromatic amines is 2. The van der Waals surface area contributed by atoms with Gasteiger partial charge in [-0.3, -0.25) is 20.1 Å². The highest BCUT2D eigenvalue weighted by molar-refractivity contribution is 5.97. The lowest BCUT2D eigenvalue weighted by atomic mass is 10.1. The Bertz CT molecular complexity index is 2020. The molecular formula is C31H22F2N8. The van der Waals surface area contributed by atoms with Gasteiger partial charge in [-0.2, -0.15) is 5.10 Å². The molecular weight excluding hydrogens is 522 g/mol. The number of imidazole rings is 1. The molecule has 8 nitrogen and oxygen atoms in total. The molecule has 0 fully saturated rings. The quantitative estimate of drug-likeness (QED) is 0.221. The van der Waals surface area contributed by atoms with E-state index < -0.39 is 5.82 Å². The van der Waals surface area contributed by atoms with Crippen molar-refractivity contribution in [1.29, 1.82) is 0 Å². The van der Waals surface area contributed by atoms with E-state index in [0.717, 1.165) is 5.56 Å². The van der Waals surface area contributed by atoms with E-state index in [4.69, 9.17) is 0 Å². The van der Waals surface area contributed by atoms with Crippen molar-refractivity contribution in [2.75, 3.05) is 0 Å². The number of aromatic nitrogens is 7. The molecule has 0 unspecified atom stereocenters. The Labute approximate surface area is 232 Å². The van der Waals surface area contributed by atoms with Gasteiger partial charge in [0.15, 0.2) is 11.6 Å². The highest BCUT2D eigenvalue weighted by Gasteiger charge is 2.22. The van der Waals surface area contributed by atoms with Crippen molar-refractivity contribution < 1.29 is 8.78 Å². The van der Waals surface area contributed by atoms with Crippen LogP contribution in [0.3, 0.4) is 0 Å². The summed E-state index contributed by atoms with van der Waals surface area (Å²) in [4.78, 5) is 20.8. The fourth-order valence-electron chi connectivity index (χ4n) is 4.93. The van der Waals surface area contributed by atoms with Crippen molar-refractivity contribution >= 4 is 21.9 Å². The molecule has 0 saturated carbocycles. The number of H-pyrrole nitrogens is 2. The summed E-state index contributed by atoms with van der Waals surface area (Å²) in [7, 11) is 0. The maximum absolute atomic E-state index is 16.1. The van der Waals surface area contributed by atoms with E-state index in [2.05, 4.69) is 52.6 Å². The summed E-state index contributed by atoms with van der Waals surface area (Å²) in [6, 6.07) is 18.4. The molecule has 0 bridgehead atoms. The second-order valence-corrected chi connectivity index (χ2v) is 9.60. The van der Waals surface area contributed by atoms with Gasteiger partial charge in [-0.1, -0.05) is 48.5 Å². The molecule has 0 amide bonds. The molecule has 5 aromatic heterocycles. The molecule has 5 heterocycles. The van der Waals surface area contributed by atoms with Crippen LogP contribution < -0.4 is 5.32 Å². The van der Waals surface area contributed by atoms with Gasteiger partial charge in [-0.05, 0) is 23.3 Å². The van der Waals surface area contributed by atoms with Gasteiger partial charge in [-0.15, -0.1) is 0 Å². The zero-order valence-electron chi connectivity index (χ0n) is 21.6. The number of benzene rings is 2. The van der Waals surface area contributed by atoms with Gasteiger partial charge in [0.05, 0.1) is 28.8 Å². The summed E-state index contributed by atoms with van der Waals surface area (Å²) in [5, 5.41) is 10.8. The lowest BCUT2D eigenvalue weighted by molar-refractivity contribution is 0.631. The van der Waals surface area contributed by atoms with Crippen LogP contribution in [-0.2, 0) is 13.1 Å². The van der Waals surface area contributed by atoms with Crippen LogP contribution in [0, 0.1) is 11.6 Å². The molecule has 0 aliphatic rings. The molecule has 2 aromatic carbocycles. The monoisotopic (exact) mass is 544 g/mol. The van der Waals surface area contributed by atoms with Gasteiger partial charge in [0, 0.05) is 48.4 Å². The number of pyridine rings is 3. The van der Waals surface area contributed by atoms with E-state index in [1.807, 2.05) is 24.3 Å². The molecule has 41 heavy (non-hydrogen) atoms. The predicted molar refractivity (Wildman–Crippen MR) is 152 cm³/mol. The van der Waals surface area contributed by atoms with E-state index in [1.54, 1.807) is 49.2 Å². The Morgan fingerprint density at radius 2 is 1.54 bits per heavy atom. The molecule has 3 N–H and O–H groups in total. The Morgan fingerprint density at radius 1 is 0.732 bits per heavy atom. The number of nitrogens with one attached hydrogen (secondary N) is 3. The van der Waals surface area contributed by atoms with Crippen LogP contribution in [0.5, 0.6) is 0 Å². The minimum Gasteiger partial charge on any atom is -0.335 e. The Hall–Kier alpha value is -5.35. The highest BCUT2D eigenvalue weighted by Crippen LogP contribution is 2.34. The fourth-order valence-corrected chi connectivity index (χ4v) is 4.93. The number of halogens is 2. The SMILES string of the molecule is Fc1ccccc1-c1cncc2[nH]c(-c3n[nH]c4cnc(-c5cncc(CNCc6ccccc6)c5)c(F)c34)nc12. The van der Waals surface area contributed by atoms with Crippen LogP contribution in [0.15, 0.2) is 91.6 Å². The van der Waals surface area contributed by atoms with Crippen molar-refractivity contribution in [3.05, 3.63) is 114 Å². The van der Waals surface area contributed by atoms with Crippen LogP contribution in [-0.4, -0.2) is 35.1 Å². The number of nitrogens with zero attached hydrogens (tertiary/aromatic N) is 5. The summed E-state index contributed by atoms with van der Waals surface area (Å²) < 4.78 is 30.7. The van der Waals surface area contributed by atoms with Gasteiger partial charge in [0.25, 0.3) is 0 Å². The van der Waals surface area contributed by atoms with Crippen LogP contribution in [0.2, 0.25) is 0 Å². The third-order valence-corrected chi connectivity index (χ3v) is 6.90. The minimum absolute atomic E-state index is 0.155.